The maximum atomic E-state index is 11.6. The molecule has 0 bridgehead atoms. The van der Waals surface area contributed by atoms with Gasteiger partial charge in [0.2, 0.25) is 0 Å². The van der Waals surface area contributed by atoms with Crippen molar-refractivity contribution in [2.24, 2.45) is 0 Å². The summed E-state index contributed by atoms with van der Waals surface area (Å²) < 4.78 is 12.2. The fourth-order valence-corrected chi connectivity index (χ4v) is 2.49. The Morgan fingerprint density at radius 1 is 1.61 bits per heavy atom. The quantitative estimate of drug-likeness (QED) is 0.820. The number of nitrogens with zero attached hydrogens (tertiary/aromatic N) is 2. The van der Waals surface area contributed by atoms with Crippen molar-refractivity contribution in [2.75, 3.05) is 19.5 Å². The second-order valence-corrected chi connectivity index (χ2v) is 4.38. The first-order valence-corrected chi connectivity index (χ1v) is 6.21. The summed E-state index contributed by atoms with van der Waals surface area (Å²) in [5.74, 6) is -0.108. The predicted octanol–water partition coefficient (Wildman–Crippen LogP) is 1.38. The van der Waals surface area contributed by atoms with Crippen LogP contribution in [0.25, 0.3) is 0 Å². The highest BCUT2D eigenvalue weighted by Crippen LogP contribution is 2.34. The van der Waals surface area contributed by atoms with Gasteiger partial charge in [-0.1, -0.05) is 0 Å². The van der Waals surface area contributed by atoms with E-state index in [0.29, 0.717) is 12.4 Å². The fraction of sp³-hybridized carbons (Fsp3) is 0.667. The number of esters is 1. The van der Waals surface area contributed by atoms with Crippen LogP contribution in [0.3, 0.4) is 0 Å². The Kier molecular flexibility index (Phi) is 3.86. The number of aromatic nitrogens is 2. The molecule has 0 saturated heterocycles. The van der Waals surface area contributed by atoms with Crippen molar-refractivity contribution in [2.45, 2.75) is 38.3 Å². The second kappa shape index (κ2) is 5.39. The van der Waals surface area contributed by atoms with Crippen LogP contribution in [0.5, 0.6) is 0 Å². The molecule has 0 radical (unpaired) electrons. The van der Waals surface area contributed by atoms with E-state index in [1.54, 1.807) is 20.4 Å². The largest absolute Gasteiger partial charge is 0.461 e. The Labute approximate surface area is 106 Å². The molecule has 1 aromatic heterocycles. The molecule has 1 saturated carbocycles. The number of anilines is 1. The predicted molar refractivity (Wildman–Crippen MR) is 66.3 cm³/mol. The van der Waals surface area contributed by atoms with Crippen molar-refractivity contribution in [1.82, 2.24) is 9.55 Å². The molecular formula is C12H19N3O3. The molecule has 2 atom stereocenters. The molecule has 1 fully saturated rings. The van der Waals surface area contributed by atoms with Crippen LogP contribution in [0, 0.1) is 0 Å². The average Bonchev–Trinajstić information content (AvgIpc) is 2.94. The van der Waals surface area contributed by atoms with Gasteiger partial charge in [-0.2, -0.15) is 0 Å². The van der Waals surface area contributed by atoms with Gasteiger partial charge in [0.15, 0.2) is 5.69 Å². The lowest BCUT2D eigenvalue weighted by molar-refractivity contribution is 0.0520. The highest BCUT2D eigenvalue weighted by molar-refractivity contribution is 5.92. The van der Waals surface area contributed by atoms with Crippen LogP contribution in [0.4, 0.5) is 5.82 Å². The highest BCUT2D eigenvalue weighted by atomic mass is 16.5. The lowest BCUT2D eigenvalue weighted by Gasteiger charge is -2.20. The summed E-state index contributed by atoms with van der Waals surface area (Å²) in [6.45, 7) is 2.07. The smallest absolute Gasteiger partial charge is 0.360 e. The summed E-state index contributed by atoms with van der Waals surface area (Å²) in [5.41, 5.74) is 6.17. The summed E-state index contributed by atoms with van der Waals surface area (Å²) in [5, 5.41) is 0. The number of nitrogen functional groups attached to an aromatic ring is 1. The van der Waals surface area contributed by atoms with Crippen LogP contribution >= 0.6 is 0 Å². The van der Waals surface area contributed by atoms with E-state index in [1.165, 1.54) is 0 Å². The molecule has 100 valence electrons. The monoisotopic (exact) mass is 253 g/mol. The van der Waals surface area contributed by atoms with Crippen LogP contribution in [0.1, 0.15) is 42.7 Å². The molecule has 0 amide bonds. The van der Waals surface area contributed by atoms with Crippen molar-refractivity contribution < 1.29 is 14.3 Å². The van der Waals surface area contributed by atoms with Crippen LogP contribution in [0.15, 0.2) is 6.33 Å². The molecule has 1 aromatic rings. The number of ether oxygens (including phenoxy) is 2. The molecule has 6 nitrogen and oxygen atoms in total. The number of carbonyl (C=O) groups excluding carboxylic acids is 1. The second-order valence-electron chi connectivity index (χ2n) is 4.38. The third-order valence-electron chi connectivity index (χ3n) is 3.38. The Balaban J connectivity index is 2.22. The lowest BCUT2D eigenvalue weighted by atomic mass is 10.2. The number of hydrogen-bond donors (Lipinski definition) is 1. The molecule has 0 spiro atoms. The molecule has 18 heavy (non-hydrogen) atoms. The molecular weight excluding hydrogens is 234 g/mol. The van der Waals surface area contributed by atoms with Gasteiger partial charge in [-0.3, -0.25) is 0 Å². The van der Waals surface area contributed by atoms with Crippen molar-refractivity contribution in [3.63, 3.8) is 0 Å². The number of imidazole rings is 1. The Bertz CT molecular complexity index is 430. The first-order valence-electron chi connectivity index (χ1n) is 6.21. The highest BCUT2D eigenvalue weighted by Gasteiger charge is 2.31. The maximum absolute atomic E-state index is 11.6. The summed E-state index contributed by atoms with van der Waals surface area (Å²) in [6.07, 6.45) is 4.82. The zero-order chi connectivity index (χ0) is 13.1. The third-order valence-corrected chi connectivity index (χ3v) is 3.38. The molecule has 1 heterocycles. The standard InChI is InChI=1S/C12H19N3O3/c1-3-18-12(16)10-11(13)15(7-14-10)8-5-4-6-9(8)17-2/h7-9H,3-6,13H2,1-2H3. The minimum atomic E-state index is -0.472. The summed E-state index contributed by atoms with van der Waals surface area (Å²) in [7, 11) is 1.70. The Morgan fingerprint density at radius 3 is 3.06 bits per heavy atom. The molecule has 1 aliphatic carbocycles. The van der Waals surface area contributed by atoms with E-state index >= 15 is 0 Å². The van der Waals surface area contributed by atoms with Gasteiger partial charge in [-0.25, -0.2) is 9.78 Å². The van der Waals surface area contributed by atoms with Crippen LogP contribution < -0.4 is 5.73 Å². The molecule has 0 aliphatic heterocycles. The van der Waals surface area contributed by atoms with Gasteiger partial charge in [-0.15, -0.1) is 0 Å². The minimum absolute atomic E-state index is 0.136. The van der Waals surface area contributed by atoms with Gasteiger partial charge in [0.1, 0.15) is 5.82 Å². The molecule has 2 N–H and O–H groups in total. The van der Waals surface area contributed by atoms with Crippen LogP contribution in [0.2, 0.25) is 0 Å². The van der Waals surface area contributed by atoms with Crippen molar-refractivity contribution >= 4 is 11.8 Å². The zero-order valence-electron chi connectivity index (χ0n) is 10.8. The molecule has 2 rings (SSSR count). The first-order chi connectivity index (χ1) is 8.69. The van der Waals surface area contributed by atoms with E-state index in [2.05, 4.69) is 4.98 Å². The van der Waals surface area contributed by atoms with Crippen molar-refractivity contribution in [3.8, 4) is 0 Å². The number of carbonyl (C=O) groups is 1. The average molecular weight is 253 g/mol. The van der Waals surface area contributed by atoms with E-state index < -0.39 is 5.97 Å². The maximum Gasteiger partial charge on any atom is 0.360 e. The normalized spacial score (nSPS) is 23.2. The van der Waals surface area contributed by atoms with E-state index in [9.17, 15) is 4.79 Å². The van der Waals surface area contributed by atoms with Crippen molar-refractivity contribution in [1.29, 1.82) is 0 Å². The summed E-state index contributed by atoms with van der Waals surface area (Å²) in [4.78, 5) is 15.7. The molecule has 6 heteroatoms. The van der Waals surface area contributed by atoms with E-state index in [1.807, 2.05) is 4.57 Å². The van der Waals surface area contributed by atoms with Gasteiger partial charge in [0.05, 0.1) is 25.1 Å². The number of hydrogen-bond acceptors (Lipinski definition) is 5. The SMILES string of the molecule is CCOC(=O)c1ncn(C2CCCC2OC)c1N. The van der Waals surface area contributed by atoms with Gasteiger partial charge >= 0.3 is 5.97 Å². The Hall–Kier alpha value is -1.56. The van der Waals surface area contributed by atoms with Gasteiger partial charge < -0.3 is 19.8 Å². The van der Waals surface area contributed by atoms with E-state index in [-0.39, 0.29) is 17.8 Å². The number of methoxy groups -OCH3 is 1. The van der Waals surface area contributed by atoms with E-state index in [4.69, 9.17) is 15.2 Å². The van der Waals surface area contributed by atoms with Gasteiger partial charge in [-0.05, 0) is 26.2 Å². The van der Waals surface area contributed by atoms with E-state index in [0.717, 1.165) is 19.3 Å². The lowest BCUT2D eigenvalue weighted by Crippen LogP contribution is -2.21. The van der Waals surface area contributed by atoms with Crippen LogP contribution in [-0.2, 0) is 9.47 Å². The first kappa shape index (κ1) is 12.9. The van der Waals surface area contributed by atoms with Gasteiger partial charge in [0, 0.05) is 7.11 Å². The topological polar surface area (TPSA) is 79.4 Å². The number of nitrogens with two attached hydrogens (primary N) is 1. The molecule has 1 aliphatic rings. The van der Waals surface area contributed by atoms with Gasteiger partial charge in [0.25, 0.3) is 0 Å². The summed E-state index contributed by atoms with van der Waals surface area (Å²) >= 11 is 0. The number of rotatable bonds is 4. The minimum Gasteiger partial charge on any atom is -0.461 e. The third kappa shape index (κ3) is 2.20. The van der Waals surface area contributed by atoms with Crippen LogP contribution in [-0.4, -0.2) is 35.3 Å². The zero-order valence-corrected chi connectivity index (χ0v) is 10.8. The van der Waals surface area contributed by atoms with Crippen molar-refractivity contribution in [3.05, 3.63) is 12.0 Å². The molecule has 0 aromatic carbocycles. The summed E-state index contributed by atoms with van der Waals surface area (Å²) in [6, 6.07) is 0.158. The molecule has 2 unspecified atom stereocenters. The fourth-order valence-electron chi connectivity index (χ4n) is 2.49. The Morgan fingerprint density at radius 2 is 2.39 bits per heavy atom.